The van der Waals surface area contributed by atoms with Crippen molar-refractivity contribution in [3.63, 3.8) is 0 Å². The maximum absolute atomic E-state index is 13.2. The first kappa shape index (κ1) is 10.9. The highest BCUT2D eigenvalue weighted by molar-refractivity contribution is 5.41. The van der Waals surface area contributed by atoms with Crippen molar-refractivity contribution in [1.29, 1.82) is 0 Å². The van der Waals surface area contributed by atoms with E-state index in [2.05, 4.69) is 0 Å². The molecule has 0 bridgehead atoms. The summed E-state index contributed by atoms with van der Waals surface area (Å²) in [6, 6.07) is 2.01. The van der Waals surface area contributed by atoms with Crippen molar-refractivity contribution in [2.24, 2.45) is 5.73 Å². The van der Waals surface area contributed by atoms with Gasteiger partial charge in [0.2, 0.25) is 0 Å². The molecule has 0 saturated heterocycles. The number of rotatable bonds is 3. The smallest absolute Gasteiger partial charge is 0.126 e. The second-order valence-corrected chi connectivity index (χ2v) is 3.17. The third-order valence-corrected chi connectivity index (χ3v) is 2.14. The van der Waals surface area contributed by atoms with Crippen molar-refractivity contribution in [1.82, 2.24) is 0 Å². The topological polar surface area (TPSA) is 55.5 Å². The SMILES string of the molecule is COCC(N)c1c(O)ccc(F)c1C. The average Bonchev–Trinajstić information content (AvgIpc) is 2.13. The fourth-order valence-corrected chi connectivity index (χ4v) is 1.42. The van der Waals surface area contributed by atoms with Gasteiger partial charge in [0, 0.05) is 12.7 Å². The van der Waals surface area contributed by atoms with Crippen LogP contribution in [0.1, 0.15) is 17.2 Å². The number of methoxy groups -OCH3 is 1. The van der Waals surface area contributed by atoms with Crippen LogP contribution in [-0.2, 0) is 4.74 Å². The van der Waals surface area contributed by atoms with Gasteiger partial charge in [-0.2, -0.15) is 0 Å². The molecular weight excluding hydrogens is 185 g/mol. The Hall–Kier alpha value is -1.13. The summed E-state index contributed by atoms with van der Waals surface area (Å²) in [5.41, 5.74) is 6.50. The van der Waals surface area contributed by atoms with Crippen molar-refractivity contribution < 1.29 is 14.2 Å². The van der Waals surface area contributed by atoms with Gasteiger partial charge in [-0.05, 0) is 24.6 Å². The second-order valence-electron chi connectivity index (χ2n) is 3.17. The molecule has 0 radical (unpaired) electrons. The van der Waals surface area contributed by atoms with Crippen molar-refractivity contribution >= 4 is 0 Å². The Balaban J connectivity index is 3.11. The van der Waals surface area contributed by atoms with Crippen LogP contribution in [0, 0.1) is 12.7 Å². The molecule has 0 fully saturated rings. The standard InChI is InChI=1S/C10H14FNO2/c1-6-7(11)3-4-9(13)10(6)8(12)5-14-2/h3-4,8,13H,5,12H2,1-2H3. The highest BCUT2D eigenvalue weighted by atomic mass is 19.1. The number of nitrogens with two attached hydrogens (primary N) is 1. The minimum absolute atomic E-state index is 0.00782. The van der Waals surface area contributed by atoms with Crippen LogP contribution in [0.5, 0.6) is 5.75 Å². The van der Waals surface area contributed by atoms with Crippen LogP contribution in [-0.4, -0.2) is 18.8 Å². The van der Waals surface area contributed by atoms with Crippen LogP contribution in [0.2, 0.25) is 0 Å². The molecule has 0 heterocycles. The summed E-state index contributed by atoms with van der Waals surface area (Å²) in [5.74, 6) is -0.363. The first-order chi connectivity index (χ1) is 6.57. The summed E-state index contributed by atoms with van der Waals surface area (Å²) in [5, 5.41) is 9.51. The Morgan fingerprint density at radius 3 is 2.79 bits per heavy atom. The molecule has 78 valence electrons. The first-order valence-corrected chi connectivity index (χ1v) is 4.30. The van der Waals surface area contributed by atoms with E-state index in [4.69, 9.17) is 10.5 Å². The molecule has 0 aliphatic heterocycles. The minimum Gasteiger partial charge on any atom is -0.508 e. The molecule has 1 atom stereocenters. The molecule has 0 saturated carbocycles. The van der Waals surface area contributed by atoms with E-state index in [1.54, 1.807) is 6.92 Å². The maximum Gasteiger partial charge on any atom is 0.126 e. The predicted molar refractivity (Wildman–Crippen MR) is 51.6 cm³/mol. The van der Waals surface area contributed by atoms with Gasteiger partial charge in [0.1, 0.15) is 11.6 Å². The van der Waals surface area contributed by atoms with Crippen LogP contribution >= 0.6 is 0 Å². The number of phenolic OH excluding ortho intramolecular Hbond substituents is 1. The van der Waals surface area contributed by atoms with Gasteiger partial charge in [0.15, 0.2) is 0 Å². The van der Waals surface area contributed by atoms with Crippen LogP contribution < -0.4 is 5.73 Å². The van der Waals surface area contributed by atoms with Gasteiger partial charge in [-0.1, -0.05) is 0 Å². The van der Waals surface area contributed by atoms with E-state index in [1.165, 1.54) is 19.2 Å². The van der Waals surface area contributed by atoms with Crippen LogP contribution in [0.15, 0.2) is 12.1 Å². The lowest BCUT2D eigenvalue weighted by molar-refractivity contribution is 0.179. The van der Waals surface area contributed by atoms with Crippen molar-refractivity contribution in [3.8, 4) is 5.75 Å². The van der Waals surface area contributed by atoms with Crippen molar-refractivity contribution in [2.75, 3.05) is 13.7 Å². The Morgan fingerprint density at radius 2 is 2.21 bits per heavy atom. The van der Waals surface area contributed by atoms with Crippen molar-refractivity contribution in [3.05, 3.63) is 29.1 Å². The number of aromatic hydroxyl groups is 1. The average molecular weight is 199 g/mol. The van der Waals surface area contributed by atoms with Gasteiger partial charge in [0.25, 0.3) is 0 Å². The molecule has 14 heavy (non-hydrogen) atoms. The van der Waals surface area contributed by atoms with E-state index < -0.39 is 6.04 Å². The molecule has 4 heteroatoms. The number of hydrogen-bond donors (Lipinski definition) is 2. The summed E-state index contributed by atoms with van der Waals surface area (Å²) in [4.78, 5) is 0. The lowest BCUT2D eigenvalue weighted by Gasteiger charge is -2.15. The number of halogens is 1. The van der Waals surface area contributed by atoms with E-state index in [-0.39, 0.29) is 18.2 Å². The highest BCUT2D eigenvalue weighted by Gasteiger charge is 2.16. The van der Waals surface area contributed by atoms with Gasteiger partial charge < -0.3 is 15.6 Å². The van der Waals surface area contributed by atoms with E-state index >= 15 is 0 Å². The molecule has 1 rings (SSSR count). The van der Waals surface area contributed by atoms with Gasteiger partial charge in [0.05, 0.1) is 12.6 Å². The number of phenols is 1. The Morgan fingerprint density at radius 1 is 1.57 bits per heavy atom. The van der Waals surface area contributed by atoms with Crippen molar-refractivity contribution in [2.45, 2.75) is 13.0 Å². The lowest BCUT2D eigenvalue weighted by Crippen LogP contribution is -2.18. The summed E-state index contributed by atoms with van der Waals surface area (Å²) < 4.78 is 18.0. The summed E-state index contributed by atoms with van der Waals surface area (Å²) in [6.45, 7) is 1.83. The fourth-order valence-electron chi connectivity index (χ4n) is 1.42. The summed E-state index contributed by atoms with van der Waals surface area (Å²) in [7, 11) is 1.51. The molecule has 0 aliphatic rings. The highest BCUT2D eigenvalue weighted by Crippen LogP contribution is 2.28. The van der Waals surface area contributed by atoms with Crippen LogP contribution in [0.3, 0.4) is 0 Å². The molecule has 1 unspecified atom stereocenters. The monoisotopic (exact) mass is 199 g/mol. The first-order valence-electron chi connectivity index (χ1n) is 4.30. The molecule has 0 aromatic heterocycles. The van der Waals surface area contributed by atoms with Gasteiger partial charge in [-0.15, -0.1) is 0 Å². The van der Waals surface area contributed by atoms with E-state index in [0.29, 0.717) is 11.1 Å². The maximum atomic E-state index is 13.2. The second kappa shape index (κ2) is 4.39. The zero-order valence-electron chi connectivity index (χ0n) is 8.25. The molecule has 0 spiro atoms. The Kier molecular flexibility index (Phi) is 3.43. The largest absolute Gasteiger partial charge is 0.508 e. The lowest BCUT2D eigenvalue weighted by atomic mass is 10.0. The summed E-state index contributed by atoms with van der Waals surface area (Å²) >= 11 is 0. The Bertz CT molecular complexity index is 328. The molecule has 3 nitrogen and oxygen atoms in total. The normalized spacial score (nSPS) is 12.9. The predicted octanol–water partition coefficient (Wildman–Crippen LogP) is 1.49. The zero-order valence-corrected chi connectivity index (χ0v) is 8.25. The van der Waals surface area contributed by atoms with Crippen LogP contribution in [0.4, 0.5) is 4.39 Å². The molecule has 1 aromatic rings. The van der Waals surface area contributed by atoms with Gasteiger partial charge in [-0.3, -0.25) is 0 Å². The molecular formula is C10H14FNO2. The molecule has 0 amide bonds. The molecule has 0 aliphatic carbocycles. The van der Waals surface area contributed by atoms with E-state index in [9.17, 15) is 9.50 Å². The Labute approximate surface area is 82.3 Å². The van der Waals surface area contributed by atoms with Crippen LogP contribution in [0.25, 0.3) is 0 Å². The fraction of sp³-hybridized carbons (Fsp3) is 0.400. The third-order valence-electron chi connectivity index (χ3n) is 2.14. The number of benzene rings is 1. The van der Waals surface area contributed by atoms with Gasteiger partial charge in [-0.25, -0.2) is 4.39 Å². The zero-order chi connectivity index (χ0) is 10.7. The van der Waals surface area contributed by atoms with Gasteiger partial charge >= 0.3 is 0 Å². The molecule has 3 N–H and O–H groups in total. The molecule has 1 aromatic carbocycles. The minimum atomic E-state index is -0.504. The number of ether oxygens (including phenoxy) is 1. The van der Waals surface area contributed by atoms with E-state index in [0.717, 1.165) is 0 Å². The third kappa shape index (κ3) is 2.02. The van der Waals surface area contributed by atoms with E-state index in [1.807, 2.05) is 0 Å². The number of hydrogen-bond acceptors (Lipinski definition) is 3. The quantitative estimate of drug-likeness (QED) is 0.775. The summed E-state index contributed by atoms with van der Waals surface area (Å²) in [6.07, 6.45) is 0.